The summed E-state index contributed by atoms with van der Waals surface area (Å²) in [5, 5.41) is 5.15. The van der Waals surface area contributed by atoms with Crippen LogP contribution in [0.2, 0.25) is 5.02 Å². The fourth-order valence-electron chi connectivity index (χ4n) is 2.86. The van der Waals surface area contributed by atoms with Crippen molar-refractivity contribution in [2.24, 2.45) is 0 Å². The molecule has 2 heterocycles. The van der Waals surface area contributed by atoms with Crippen LogP contribution in [0.3, 0.4) is 0 Å². The Balaban J connectivity index is 1.94. The average Bonchev–Trinajstić information content (AvgIpc) is 2.96. The van der Waals surface area contributed by atoms with Gasteiger partial charge in [-0.05, 0) is 32.3 Å². The van der Waals surface area contributed by atoms with Gasteiger partial charge in [0, 0.05) is 30.9 Å². The van der Waals surface area contributed by atoms with Crippen molar-refractivity contribution in [1.29, 1.82) is 0 Å². The lowest BCUT2D eigenvalue weighted by molar-refractivity contribution is 0.0973. The van der Waals surface area contributed by atoms with Crippen LogP contribution < -0.4 is 0 Å². The second-order valence-electron chi connectivity index (χ2n) is 5.31. The second-order valence-corrected chi connectivity index (χ2v) is 5.69. The molecule has 0 N–H and O–H groups in total. The molecule has 0 amide bonds. The summed E-state index contributed by atoms with van der Waals surface area (Å²) in [6.45, 7) is 5.43. The lowest BCUT2D eigenvalue weighted by Crippen LogP contribution is -2.07. The van der Waals surface area contributed by atoms with Gasteiger partial charge in [-0.25, -0.2) is 0 Å². The smallest absolute Gasteiger partial charge is 0.164 e. The Morgan fingerprint density at radius 3 is 2.85 bits per heavy atom. The third kappa shape index (κ3) is 2.18. The number of rotatable bonds is 3. The van der Waals surface area contributed by atoms with E-state index < -0.39 is 0 Å². The maximum absolute atomic E-state index is 11.9. The summed E-state index contributed by atoms with van der Waals surface area (Å²) < 4.78 is 3.99. The summed E-state index contributed by atoms with van der Waals surface area (Å²) in [5.41, 5.74) is 3.91. The number of Topliss-reactive ketones (excluding diaryl/α,β-unsaturated/α-hetero) is 1. The van der Waals surface area contributed by atoms with Crippen molar-refractivity contribution in [2.75, 3.05) is 0 Å². The highest BCUT2D eigenvalue weighted by atomic mass is 35.5. The van der Waals surface area contributed by atoms with E-state index in [1.165, 1.54) is 0 Å². The Bertz CT molecular complexity index is 669. The van der Waals surface area contributed by atoms with Crippen LogP contribution in [0.5, 0.6) is 0 Å². The number of nitrogens with zero attached hydrogens (tertiary/aromatic N) is 3. The van der Waals surface area contributed by atoms with Crippen molar-refractivity contribution in [2.45, 2.75) is 46.2 Å². The van der Waals surface area contributed by atoms with E-state index in [0.717, 1.165) is 46.9 Å². The summed E-state index contributed by atoms with van der Waals surface area (Å²) in [4.78, 5) is 11.9. The van der Waals surface area contributed by atoms with Crippen LogP contribution in [-0.2, 0) is 19.5 Å². The molecule has 0 radical (unpaired) electrons. The molecule has 0 spiro atoms. The minimum atomic E-state index is 0.260. The molecule has 4 nitrogen and oxygen atoms in total. The predicted octanol–water partition coefficient (Wildman–Crippen LogP) is 3.23. The lowest BCUT2D eigenvalue weighted by atomic mass is 9.95. The number of carbonyl (C=O) groups is 1. The molecule has 0 bridgehead atoms. The first-order valence-electron chi connectivity index (χ1n) is 7.03. The summed E-state index contributed by atoms with van der Waals surface area (Å²) >= 11 is 6.33. The number of aromatic nitrogens is 3. The molecule has 1 aliphatic carbocycles. The molecule has 0 saturated carbocycles. The average molecular weight is 292 g/mol. The van der Waals surface area contributed by atoms with Crippen molar-refractivity contribution < 1.29 is 4.79 Å². The zero-order chi connectivity index (χ0) is 14.3. The maximum atomic E-state index is 11.9. The van der Waals surface area contributed by atoms with E-state index in [2.05, 4.69) is 22.8 Å². The Morgan fingerprint density at radius 1 is 1.35 bits per heavy atom. The summed E-state index contributed by atoms with van der Waals surface area (Å²) in [5.74, 6) is 0.260. The van der Waals surface area contributed by atoms with Crippen molar-refractivity contribution >= 4 is 17.4 Å². The zero-order valence-electron chi connectivity index (χ0n) is 11.8. The molecule has 2 aromatic heterocycles. The van der Waals surface area contributed by atoms with Crippen LogP contribution in [0, 0.1) is 6.92 Å². The van der Waals surface area contributed by atoms with Crippen LogP contribution in [0.25, 0.3) is 0 Å². The Hall–Kier alpha value is -1.55. The molecule has 5 heteroatoms. The summed E-state index contributed by atoms with van der Waals surface area (Å²) in [7, 11) is 0. The van der Waals surface area contributed by atoms with Crippen LogP contribution >= 0.6 is 11.6 Å². The van der Waals surface area contributed by atoms with Crippen molar-refractivity contribution in [3.05, 3.63) is 39.9 Å². The molecule has 1 aliphatic rings. The molecule has 0 saturated heterocycles. The molecule has 0 atom stereocenters. The molecular weight excluding hydrogens is 274 g/mol. The van der Waals surface area contributed by atoms with E-state index in [9.17, 15) is 4.79 Å². The van der Waals surface area contributed by atoms with Gasteiger partial charge in [-0.2, -0.15) is 5.10 Å². The summed E-state index contributed by atoms with van der Waals surface area (Å²) in [6.07, 6.45) is 6.65. The van der Waals surface area contributed by atoms with Gasteiger partial charge in [-0.1, -0.05) is 11.6 Å². The first-order valence-corrected chi connectivity index (χ1v) is 7.41. The molecule has 0 fully saturated rings. The minimum Gasteiger partial charge on any atom is -0.347 e. The van der Waals surface area contributed by atoms with E-state index in [1.54, 1.807) is 0 Å². The van der Waals surface area contributed by atoms with Gasteiger partial charge in [0.2, 0.25) is 0 Å². The van der Waals surface area contributed by atoms with Crippen molar-refractivity contribution in [3.63, 3.8) is 0 Å². The Kier molecular flexibility index (Phi) is 3.42. The third-order valence-electron chi connectivity index (χ3n) is 3.90. The van der Waals surface area contributed by atoms with Crippen molar-refractivity contribution in [1.82, 2.24) is 14.3 Å². The van der Waals surface area contributed by atoms with Crippen molar-refractivity contribution in [3.8, 4) is 0 Å². The van der Waals surface area contributed by atoms with Crippen LogP contribution in [0.1, 0.15) is 47.1 Å². The highest BCUT2D eigenvalue weighted by Crippen LogP contribution is 2.25. The highest BCUT2D eigenvalue weighted by Gasteiger charge is 2.20. The first kappa shape index (κ1) is 13.4. The lowest BCUT2D eigenvalue weighted by Gasteiger charge is -2.07. The topological polar surface area (TPSA) is 39.8 Å². The first-order chi connectivity index (χ1) is 9.60. The van der Waals surface area contributed by atoms with Gasteiger partial charge in [0.25, 0.3) is 0 Å². The standard InChI is InChI=1S/C15H18ClN3O/c1-3-19-13(15(16)10(2)17-19)9-18-7-11-5-4-6-14(20)12(11)8-18/h7-8H,3-6,9H2,1-2H3. The number of ketones is 1. The number of hydrogen-bond donors (Lipinski definition) is 0. The van der Waals surface area contributed by atoms with Crippen LogP contribution in [0.15, 0.2) is 12.4 Å². The van der Waals surface area contributed by atoms with Gasteiger partial charge in [0.05, 0.1) is 23.0 Å². The Labute approximate surface area is 123 Å². The minimum absolute atomic E-state index is 0.260. The number of carbonyl (C=O) groups excluding carboxylic acids is 1. The molecule has 2 aromatic rings. The van der Waals surface area contributed by atoms with Gasteiger partial charge in [-0.3, -0.25) is 9.48 Å². The van der Waals surface area contributed by atoms with E-state index in [4.69, 9.17) is 11.6 Å². The SMILES string of the molecule is CCn1nc(C)c(Cl)c1Cn1cc2c(c1)C(=O)CCC2. The van der Waals surface area contributed by atoms with Crippen LogP contribution in [0.4, 0.5) is 0 Å². The zero-order valence-corrected chi connectivity index (χ0v) is 12.6. The number of aryl methyl sites for hydroxylation is 3. The highest BCUT2D eigenvalue weighted by molar-refractivity contribution is 6.31. The summed E-state index contributed by atoms with van der Waals surface area (Å²) in [6, 6.07) is 0. The van der Waals surface area contributed by atoms with Gasteiger partial charge in [-0.15, -0.1) is 0 Å². The van der Waals surface area contributed by atoms with E-state index >= 15 is 0 Å². The normalized spacial score (nSPS) is 14.7. The second kappa shape index (κ2) is 5.09. The number of hydrogen-bond acceptors (Lipinski definition) is 2. The van der Waals surface area contributed by atoms with Gasteiger partial charge in [0.1, 0.15) is 0 Å². The molecular formula is C15H18ClN3O. The number of fused-ring (bicyclic) bond motifs is 1. The fourth-order valence-corrected chi connectivity index (χ4v) is 3.06. The quantitative estimate of drug-likeness (QED) is 0.871. The fraction of sp³-hybridized carbons (Fsp3) is 0.467. The molecule has 0 aromatic carbocycles. The van der Waals surface area contributed by atoms with Gasteiger partial charge in [0.15, 0.2) is 5.78 Å². The predicted molar refractivity (Wildman–Crippen MR) is 78.5 cm³/mol. The maximum Gasteiger partial charge on any atom is 0.164 e. The molecule has 20 heavy (non-hydrogen) atoms. The largest absolute Gasteiger partial charge is 0.347 e. The molecule has 106 valence electrons. The molecule has 3 rings (SSSR count). The van der Waals surface area contributed by atoms with Gasteiger partial charge < -0.3 is 4.57 Å². The number of halogens is 1. The Morgan fingerprint density at radius 2 is 2.15 bits per heavy atom. The third-order valence-corrected chi connectivity index (χ3v) is 4.39. The van der Waals surface area contributed by atoms with Crippen LogP contribution in [-0.4, -0.2) is 20.1 Å². The molecule has 0 aliphatic heterocycles. The monoisotopic (exact) mass is 291 g/mol. The van der Waals surface area contributed by atoms with E-state index in [-0.39, 0.29) is 5.78 Å². The molecule has 0 unspecified atom stereocenters. The van der Waals surface area contributed by atoms with E-state index in [0.29, 0.717) is 13.0 Å². The van der Waals surface area contributed by atoms with E-state index in [1.807, 2.05) is 17.8 Å². The van der Waals surface area contributed by atoms with Gasteiger partial charge >= 0.3 is 0 Å².